The fraction of sp³-hybridized carbons (Fsp3) is 0.786. The summed E-state index contributed by atoms with van der Waals surface area (Å²) in [5, 5.41) is 16.5. The lowest BCUT2D eigenvalue weighted by Gasteiger charge is -2.35. The number of carbonyl (C=O) groups is 6. The van der Waals surface area contributed by atoms with Crippen LogP contribution in [0.5, 0.6) is 0 Å². The van der Waals surface area contributed by atoms with Crippen LogP contribution < -0.4 is 16.0 Å². The summed E-state index contributed by atoms with van der Waals surface area (Å²) in [5.74, 6) is -2.23. The first-order valence-corrected chi connectivity index (χ1v) is 14.1. The molecule has 2 fully saturated rings. The van der Waals surface area contributed by atoms with E-state index in [1.165, 1.54) is 33.3 Å². The van der Waals surface area contributed by atoms with Crippen molar-refractivity contribution < 1.29 is 52.8 Å². The van der Waals surface area contributed by atoms with Crippen molar-refractivity contribution in [2.24, 2.45) is 11.8 Å². The molecule has 2 aliphatic heterocycles. The highest BCUT2D eigenvalue weighted by atomic mass is 35.5. The molecular formula is C28H51ClN4O11. The number of carboxylic acid groups (broad SMARTS) is 1. The summed E-state index contributed by atoms with van der Waals surface area (Å²) in [5.41, 5.74) is -1.38. The van der Waals surface area contributed by atoms with Gasteiger partial charge in [-0.15, -0.1) is 12.4 Å². The number of nitrogens with zero attached hydrogens (tertiary/aromatic N) is 1. The highest BCUT2D eigenvalue weighted by molar-refractivity contribution is 5.92. The lowest BCUT2D eigenvalue weighted by atomic mass is 9.96. The maximum Gasteiger partial charge on any atom is 0.407 e. The van der Waals surface area contributed by atoms with Crippen molar-refractivity contribution in [1.29, 1.82) is 0 Å². The van der Waals surface area contributed by atoms with E-state index in [1.807, 2.05) is 20.8 Å². The highest BCUT2D eigenvalue weighted by Gasteiger charge is 2.48. The molecule has 2 rings (SSSR count). The number of likely N-dealkylation sites (tertiary alicyclic amines) is 1. The zero-order chi connectivity index (χ0) is 33.5. The molecule has 44 heavy (non-hydrogen) atoms. The molecule has 4 N–H and O–H groups in total. The lowest BCUT2D eigenvalue weighted by Crippen LogP contribution is -2.58. The van der Waals surface area contributed by atoms with Crippen LogP contribution in [0.15, 0.2) is 0 Å². The summed E-state index contributed by atoms with van der Waals surface area (Å²) in [6.45, 7) is 12.0. The highest BCUT2D eigenvalue weighted by Crippen LogP contribution is 2.31. The summed E-state index contributed by atoms with van der Waals surface area (Å²) in [7, 11) is 5.16. The van der Waals surface area contributed by atoms with E-state index in [4.69, 9.17) is 9.84 Å². The van der Waals surface area contributed by atoms with Gasteiger partial charge in [-0.3, -0.25) is 9.59 Å². The van der Waals surface area contributed by atoms with E-state index in [1.54, 1.807) is 20.8 Å². The van der Waals surface area contributed by atoms with Crippen molar-refractivity contribution in [1.82, 2.24) is 20.9 Å². The predicted molar refractivity (Wildman–Crippen MR) is 162 cm³/mol. The number of halogens is 1. The summed E-state index contributed by atoms with van der Waals surface area (Å²) < 4.78 is 18.3. The Morgan fingerprint density at radius 3 is 1.59 bits per heavy atom. The number of esters is 2. The molecule has 2 saturated heterocycles. The quantitative estimate of drug-likeness (QED) is 0.220. The van der Waals surface area contributed by atoms with Crippen LogP contribution in [0, 0.1) is 11.8 Å². The Labute approximate surface area is 265 Å². The molecule has 0 aromatic heterocycles. The third-order valence-electron chi connectivity index (χ3n) is 7.32. The van der Waals surface area contributed by atoms with Gasteiger partial charge in [0.25, 0.3) is 0 Å². The van der Waals surface area contributed by atoms with Gasteiger partial charge in [0.2, 0.25) is 5.91 Å². The zero-order valence-electron chi connectivity index (χ0n) is 27.4. The number of alkyl carbamates (subject to hydrolysis) is 2. The van der Waals surface area contributed by atoms with Gasteiger partial charge < -0.3 is 44.9 Å². The van der Waals surface area contributed by atoms with E-state index in [-0.39, 0.29) is 36.1 Å². The third kappa shape index (κ3) is 12.3. The van der Waals surface area contributed by atoms with Crippen molar-refractivity contribution in [2.45, 2.75) is 90.4 Å². The number of carbonyl (C=O) groups excluding carboxylic acids is 5. The second-order valence-corrected chi connectivity index (χ2v) is 11.3. The molecule has 4 atom stereocenters. The molecular weight excluding hydrogens is 604 g/mol. The van der Waals surface area contributed by atoms with Crippen LogP contribution in [-0.4, -0.2) is 111 Å². The summed E-state index contributed by atoms with van der Waals surface area (Å²) >= 11 is 0. The molecule has 0 unspecified atom stereocenters. The largest absolute Gasteiger partial charge is 0.480 e. The Hall–Kier alpha value is -3.33. The number of ether oxygens (including phenoxy) is 4. The molecule has 0 aromatic rings. The van der Waals surface area contributed by atoms with Gasteiger partial charge in [-0.2, -0.15) is 0 Å². The van der Waals surface area contributed by atoms with E-state index < -0.39 is 47.3 Å². The molecule has 0 aliphatic carbocycles. The number of amides is 3. The molecule has 0 saturated carbocycles. The van der Waals surface area contributed by atoms with Crippen molar-refractivity contribution in [3.05, 3.63) is 0 Å². The molecule has 15 nitrogen and oxygen atoms in total. The van der Waals surface area contributed by atoms with E-state index >= 15 is 0 Å². The van der Waals surface area contributed by atoms with Gasteiger partial charge in [0.1, 0.15) is 23.2 Å². The second-order valence-electron chi connectivity index (χ2n) is 11.3. The summed E-state index contributed by atoms with van der Waals surface area (Å²) in [6.07, 6.45) is 1.83. The molecule has 0 radical (unpaired) electrons. The van der Waals surface area contributed by atoms with Crippen LogP contribution in [0.3, 0.4) is 0 Å². The van der Waals surface area contributed by atoms with Gasteiger partial charge in [-0.1, -0.05) is 27.7 Å². The molecule has 3 amide bonds. The number of nitrogens with one attached hydrogen (secondary N) is 3. The molecule has 0 spiro atoms. The molecule has 0 bridgehead atoms. The first-order valence-electron chi connectivity index (χ1n) is 14.1. The second kappa shape index (κ2) is 19.8. The number of rotatable bonds is 8. The molecule has 256 valence electrons. The van der Waals surface area contributed by atoms with Crippen LogP contribution in [0.25, 0.3) is 0 Å². The summed E-state index contributed by atoms with van der Waals surface area (Å²) in [4.78, 5) is 69.8. The van der Waals surface area contributed by atoms with Gasteiger partial charge in [-0.25, -0.2) is 19.2 Å². The van der Waals surface area contributed by atoms with E-state index in [0.29, 0.717) is 13.0 Å². The Kier molecular flexibility index (Phi) is 19.3. The third-order valence-corrected chi connectivity index (χ3v) is 7.32. The lowest BCUT2D eigenvalue weighted by molar-refractivity contribution is -0.159. The Morgan fingerprint density at radius 2 is 1.23 bits per heavy atom. The maximum absolute atomic E-state index is 12.7. The Bertz CT molecular complexity index is 973. The number of hydrogen-bond donors (Lipinski definition) is 4. The monoisotopic (exact) mass is 654 g/mol. The minimum Gasteiger partial charge on any atom is -0.480 e. The first kappa shape index (κ1) is 42.8. The minimum absolute atomic E-state index is 0. The van der Waals surface area contributed by atoms with E-state index in [0.717, 1.165) is 25.8 Å². The molecule has 0 aromatic carbocycles. The van der Waals surface area contributed by atoms with E-state index in [2.05, 4.69) is 30.2 Å². The molecule has 2 aliphatic rings. The van der Waals surface area contributed by atoms with Gasteiger partial charge in [0.15, 0.2) is 0 Å². The smallest absolute Gasteiger partial charge is 0.407 e. The Morgan fingerprint density at radius 1 is 0.750 bits per heavy atom. The van der Waals surface area contributed by atoms with Crippen molar-refractivity contribution >= 4 is 48.4 Å². The zero-order valence-corrected chi connectivity index (χ0v) is 28.3. The summed E-state index contributed by atoms with van der Waals surface area (Å²) in [6, 6.07) is -1.63. The predicted octanol–water partition coefficient (Wildman–Crippen LogP) is 2.10. The maximum atomic E-state index is 12.7. The number of carboxylic acids is 1. The average molecular weight is 655 g/mol. The first-order chi connectivity index (χ1) is 19.9. The van der Waals surface area contributed by atoms with Crippen molar-refractivity contribution in [2.75, 3.05) is 41.5 Å². The van der Waals surface area contributed by atoms with Gasteiger partial charge in [0, 0.05) is 6.54 Å². The van der Waals surface area contributed by atoms with Gasteiger partial charge in [-0.05, 0) is 57.9 Å². The standard InChI is InChI=1S/C14H24N2O5.C7H13NO4.C7H13NO2.ClH/c1-9(2)10(15-13(19)21-5)11(17)16-8-6-7-14(16,3)12(18)20-4;1-4(2)5(6(9)10)8-7(11)12-3;1-7(6(9)10-2)4-3-5-8-7;/h9-10H,6-8H2,1-5H3,(H,15,19);4-5H,1-3H3,(H,8,11)(H,9,10);8H,3-5H2,1-2H3;1H/t10-,14-;5-;7-;/m000./s1. The fourth-order valence-electron chi connectivity index (χ4n) is 4.61. The minimum atomic E-state index is -1.06. The van der Waals surface area contributed by atoms with Crippen LogP contribution >= 0.6 is 12.4 Å². The fourth-order valence-corrected chi connectivity index (χ4v) is 4.61. The van der Waals surface area contributed by atoms with Crippen molar-refractivity contribution in [3.8, 4) is 0 Å². The number of aliphatic carboxylic acids is 1. The molecule has 16 heteroatoms. The normalized spacial score (nSPS) is 21.6. The average Bonchev–Trinajstić information content (AvgIpc) is 3.60. The number of methoxy groups -OCH3 is 4. The van der Waals surface area contributed by atoms with Gasteiger partial charge >= 0.3 is 30.1 Å². The topological polar surface area (TPSA) is 199 Å². The number of hydrogen-bond acceptors (Lipinski definition) is 11. The van der Waals surface area contributed by atoms with Crippen molar-refractivity contribution in [3.63, 3.8) is 0 Å². The molecule has 2 heterocycles. The SMILES string of the molecule is COC(=O)N[C@H](C(=O)N1CCC[C@@]1(C)C(=O)OC)C(C)C.COC(=O)N[C@H](C(=O)O)C(C)C.COC(=O)[C@]1(C)CCCN1.Cl. The Balaban J connectivity index is 0. The van der Waals surface area contributed by atoms with Crippen LogP contribution in [0.4, 0.5) is 9.59 Å². The van der Waals surface area contributed by atoms with Crippen LogP contribution in [-0.2, 0) is 38.1 Å². The van der Waals surface area contributed by atoms with Gasteiger partial charge in [0.05, 0.1) is 28.4 Å². The van der Waals surface area contributed by atoms with Crippen LogP contribution in [0.1, 0.15) is 67.2 Å². The van der Waals surface area contributed by atoms with Crippen LogP contribution in [0.2, 0.25) is 0 Å². The van der Waals surface area contributed by atoms with E-state index in [9.17, 15) is 28.8 Å².